The summed E-state index contributed by atoms with van der Waals surface area (Å²) in [6.45, 7) is 3.60. The van der Waals surface area contributed by atoms with Gasteiger partial charge in [-0.25, -0.2) is 0 Å². The van der Waals surface area contributed by atoms with Crippen LogP contribution in [0.15, 0.2) is 28.7 Å². The van der Waals surface area contributed by atoms with Gasteiger partial charge in [0, 0.05) is 16.6 Å². The smallest absolute Gasteiger partial charge is 0.0340 e. The monoisotopic (exact) mass is 353 g/mol. The van der Waals surface area contributed by atoms with Crippen molar-refractivity contribution < 1.29 is 0 Å². The maximum Gasteiger partial charge on any atom is 0.0340 e. The van der Waals surface area contributed by atoms with Crippen LogP contribution in [-0.2, 0) is 0 Å². The minimum atomic E-state index is 0.411. The Morgan fingerprint density at radius 2 is 2.00 bits per heavy atom. The van der Waals surface area contributed by atoms with Gasteiger partial charge in [-0.05, 0) is 71.7 Å². The average molecular weight is 354 g/mol. The molecule has 1 atom stereocenters. The van der Waals surface area contributed by atoms with Crippen LogP contribution in [0.1, 0.15) is 30.9 Å². The molecular weight excluding hydrogens is 326 g/mol. The Bertz CT molecular complexity index is 430. The summed E-state index contributed by atoms with van der Waals surface area (Å²) in [5.74, 6) is 0. The van der Waals surface area contributed by atoms with Gasteiger partial charge in [-0.2, -0.15) is 0 Å². The average Bonchev–Trinajstić information content (AvgIpc) is 2.50. The minimum Gasteiger partial charge on any atom is -0.313 e. The van der Waals surface area contributed by atoms with Crippen molar-refractivity contribution in [1.29, 1.82) is 0 Å². The molecule has 1 aliphatic rings. The zero-order valence-corrected chi connectivity index (χ0v) is 15.1. The highest BCUT2D eigenvalue weighted by molar-refractivity contribution is 9.10. The van der Waals surface area contributed by atoms with E-state index in [0.717, 1.165) is 19.0 Å². The van der Waals surface area contributed by atoms with Gasteiger partial charge in [0.1, 0.15) is 0 Å². The lowest BCUT2D eigenvalue weighted by molar-refractivity contribution is 0.140. The Labute approximate surface area is 137 Å². The standard InChI is InChI=1S/C17H28BrN3/c1-19-17(15-6-4-5-7-16(15)18)10-13-21(3)14-8-11-20(2)12-9-14/h4-7,14,17,19H,8-13H2,1-3H3. The highest BCUT2D eigenvalue weighted by Gasteiger charge is 2.21. The van der Waals surface area contributed by atoms with Crippen LogP contribution in [-0.4, -0.2) is 56.6 Å². The number of piperidine rings is 1. The summed E-state index contributed by atoms with van der Waals surface area (Å²) < 4.78 is 1.20. The molecule has 3 nitrogen and oxygen atoms in total. The van der Waals surface area contributed by atoms with Crippen LogP contribution < -0.4 is 5.32 Å². The number of hydrogen-bond donors (Lipinski definition) is 1. The fourth-order valence-electron chi connectivity index (χ4n) is 3.16. The number of benzene rings is 1. The summed E-state index contributed by atoms with van der Waals surface area (Å²) in [5.41, 5.74) is 1.36. The lowest BCUT2D eigenvalue weighted by Crippen LogP contribution is -2.42. The highest BCUT2D eigenvalue weighted by Crippen LogP contribution is 2.26. The second-order valence-electron chi connectivity index (χ2n) is 6.17. The van der Waals surface area contributed by atoms with Gasteiger partial charge >= 0.3 is 0 Å². The molecule has 1 unspecified atom stereocenters. The van der Waals surface area contributed by atoms with Crippen LogP contribution in [0.2, 0.25) is 0 Å². The van der Waals surface area contributed by atoms with Crippen molar-refractivity contribution in [2.45, 2.75) is 31.3 Å². The second-order valence-corrected chi connectivity index (χ2v) is 7.02. The van der Waals surface area contributed by atoms with Crippen molar-refractivity contribution in [1.82, 2.24) is 15.1 Å². The van der Waals surface area contributed by atoms with Crippen molar-refractivity contribution in [3.63, 3.8) is 0 Å². The molecular formula is C17H28BrN3. The van der Waals surface area contributed by atoms with Gasteiger partial charge in [-0.3, -0.25) is 0 Å². The maximum absolute atomic E-state index is 3.67. The van der Waals surface area contributed by atoms with Crippen LogP contribution in [0.4, 0.5) is 0 Å². The summed E-state index contributed by atoms with van der Waals surface area (Å²) in [5, 5.41) is 3.46. The van der Waals surface area contributed by atoms with Crippen LogP contribution in [0.5, 0.6) is 0 Å². The van der Waals surface area contributed by atoms with Crippen LogP contribution >= 0.6 is 15.9 Å². The van der Waals surface area contributed by atoms with Crippen molar-refractivity contribution in [3.8, 4) is 0 Å². The fourth-order valence-corrected chi connectivity index (χ4v) is 3.73. The molecule has 21 heavy (non-hydrogen) atoms. The van der Waals surface area contributed by atoms with Gasteiger partial charge in [-0.1, -0.05) is 34.1 Å². The minimum absolute atomic E-state index is 0.411. The molecule has 0 saturated carbocycles. The molecule has 4 heteroatoms. The third-order valence-corrected chi connectivity index (χ3v) is 5.43. The molecule has 1 aromatic rings. The number of halogens is 1. The van der Waals surface area contributed by atoms with Gasteiger partial charge in [0.05, 0.1) is 0 Å². The molecule has 1 N–H and O–H groups in total. The van der Waals surface area contributed by atoms with Crippen LogP contribution in [0.3, 0.4) is 0 Å². The summed E-state index contributed by atoms with van der Waals surface area (Å²) >= 11 is 3.67. The summed E-state index contributed by atoms with van der Waals surface area (Å²) in [6, 6.07) is 9.68. The highest BCUT2D eigenvalue weighted by atomic mass is 79.9. The molecule has 0 spiro atoms. The Morgan fingerprint density at radius 1 is 1.33 bits per heavy atom. The third-order valence-electron chi connectivity index (χ3n) is 4.71. The molecule has 0 bridgehead atoms. The van der Waals surface area contributed by atoms with Crippen LogP contribution in [0.25, 0.3) is 0 Å². The van der Waals surface area contributed by atoms with E-state index >= 15 is 0 Å². The van der Waals surface area contributed by atoms with Crippen molar-refractivity contribution in [2.75, 3.05) is 40.8 Å². The van der Waals surface area contributed by atoms with E-state index < -0.39 is 0 Å². The Hall–Kier alpha value is -0.420. The number of rotatable bonds is 6. The Kier molecular flexibility index (Phi) is 6.68. The summed E-state index contributed by atoms with van der Waals surface area (Å²) in [7, 11) is 6.56. The molecule has 2 rings (SSSR count). The number of likely N-dealkylation sites (tertiary alicyclic amines) is 1. The normalized spacial score (nSPS) is 19.1. The molecule has 1 fully saturated rings. The Balaban J connectivity index is 1.87. The number of nitrogens with zero attached hydrogens (tertiary/aromatic N) is 2. The molecule has 0 aromatic heterocycles. The fraction of sp³-hybridized carbons (Fsp3) is 0.647. The number of hydrogen-bond acceptors (Lipinski definition) is 3. The van der Waals surface area contributed by atoms with E-state index in [2.05, 4.69) is 76.5 Å². The van der Waals surface area contributed by atoms with Gasteiger partial charge in [0.15, 0.2) is 0 Å². The zero-order valence-electron chi connectivity index (χ0n) is 13.5. The van der Waals surface area contributed by atoms with Gasteiger partial charge in [0.2, 0.25) is 0 Å². The first-order valence-corrected chi connectivity index (χ1v) is 8.71. The predicted molar refractivity (Wildman–Crippen MR) is 93.7 cm³/mol. The zero-order chi connectivity index (χ0) is 15.2. The lowest BCUT2D eigenvalue weighted by atomic mass is 10.0. The van der Waals surface area contributed by atoms with Gasteiger partial charge < -0.3 is 15.1 Å². The van der Waals surface area contributed by atoms with E-state index in [0.29, 0.717) is 6.04 Å². The molecule has 1 aliphatic heterocycles. The van der Waals surface area contributed by atoms with E-state index in [4.69, 9.17) is 0 Å². The first kappa shape index (κ1) is 16.9. The quantitative estimate of drug-likeness (QED) is 0.847. The first-order valence-electron chi connectivity index (χ1n) is 7.92. The molecule has 1 saturated heterocycles. The third kappa shape index (κ3) is 4.78. The largest absolute Gasteiger partial charge is 0.313 e. The van der Waals surface area contributed by atoms with Gasteiger partial charge in [-0.15, -0.1) is 0 Å². The topological polar surface area (TPSA) is 18.5 Å². The lowest BCUT2D eigenvalue weighted by Gasteiger charge is -2.35. The van der Waals surface area contributed by atoms with Gasteiger partial charge in [0.25, 0.3) is 0 Å². The predicted octanol–water partition coefficient (Wildman–Crippen LogP) is 3.13. The van der Waals surface area contributed by atoms with E-state index in [-0.39, 0.29) is 0 Å². The van der Waals surface area contributed by atoms with Crippen LogP contribution in [0, 0.1) is 0 Å². The maximum atomic E-state index is 3.67. The van der Waals surface area contributed by atoms with E-state index in [1.165, 1.54) is 36.0 Å². The van der Waals surface area contributed by atoms with E-state index in [1.807, 2.05) is 0 Å². The molecule has 0 radical (unpaired) electrons. The SMILES string of the molecule is CNC(CCN(C)C1CCN(C)CC1)c1ccccc1Br. The van der Waals surface area contributed by atoms with Crippen molar-refractivity contribution in [2.24, 2.45) is 0 Å². The number of nitrogens with one attached hydrogen (secondary N) is 1. The first-order chi connectivity index (χ1) is 10.1. The molecule has 0 aliphatic carbocycles. The Morgan fingerprint density at radius 3 is 2.62 bits per heavy atom. The molecule has 1 heterocycles. The van der Waals surface area contributed by atoms with E-state index in [9.17, 15) is 0 Å². The van der Waals surface area contributed by atoms with E-state index in [1.54, 1.807) is 0 Å². The second kappa shape index (κ2) is 8.28. The van der Waals surface area contributed by atoms with Crippen molar-refractivity contribution >= 4 is 15.9 Å². The molecule has 118 valence electrons. The molecule has 1 aromatic carbocycles. The summed E-state index contributed by atoms with van der Waals surface area (Å²) in [4.78, 5) is 4.98. The summed E-state index contributed by atoms with van der Waals surface area (Å²) in [6.07, 6.45) is 3.74. The molecule has 0 amide bonds. The van der Waals surface area contributed by atoms with Crippen molar-refractivity contribution in [3.05, 3.63) is 34.3 Å².